The molecule has 2 aromatic heterocycles. The highest BCUT2D eigenvalue weighted by molar-refractivity contribution is 5.93. The molecule has 2 N–H and O–H groups in total. The van der Waals surface area contributed by atoms with Crippen LogP contribution in [0.2, 0.25) is 0 Å². The van der Waals surface area contributed by atoms with Gasteiger partial charge >= 0.3 is 5.97 Å². The average molecular weight is 276 g/mol. The first-order valence-electron chi connectivity index (χ1n) is 6.08. The van der Waals surface area contributed by atoms with E-state index in [0.717, 1.165) is 5.69 Å². The zero-order chi connectivity index (χ0) is 14.3. The van der Waals surface area contributed by atoms with Crippen LogP contribution in [-0.4, -0.2) is 43.8 Å². The quantitative estimate of drug-likeness (QED) is 0.830. The smallest absolute Gasteiger partial charge is 0.356 e. The van der Waals surface area contributed by atoms with Gasteiger partial charge in [0.25, 0.3) is 5.91 Å². The van der Waals surface area contributed by atoms with Gasteiger partial charge in [-0.3, -0.25) is 9.89 Å². The fourth-order valence-electron chi connectivity index (χ4n) is 2.27. The van der Waals surface area contributed by atoms with Crippen LogP contribution in [0.5, 0.6) is 0 Å². The molecular weight excluding hydrogens is 264 g/mol. The summed E-state index contributed by atoms with van der Waals surface area (Å²) in [6.07, 6.45) is 0.540. The number of aromatic carboxylic acids is 1. The number of nitrogens with one attached hydrogen (secondary N) is 1. The Morgan fingerprint density at radius 2 is 2.30 bits per heavy atom. The summed E-state index contributed by atoms with van der Waals surface area (Å²) in [5.74, 6) is -0.820. The second-order valence-electron chi connectivity index (χ2n) is 4.63. The molecule has 8 nitrogen and oxygen atoms in total. The van der Waals surface area contributed by atoms with Crippen molar-refractivity contribution in [3.05, 3.63) is 34.5 Å². The van der Waals surface area contributed by atoms with E-state index in [1.165, 1.54) is 0 Å². The van der Waals surface area contributed by atoms with E-state index in [1.807, 2.05) is 0 Å². The minimum absolute atomic E-state index is 0.0335. The molecular formula is C12H12N4O4. The second kappa shape index (κ2) is 4.48. The van der Waals surface area contributed by atoms with Gasteiger partial charge in [0, 0.05) is 30.3 Å². The van der Waals surface area contributed by atoms with Gasteiger partial charge in [0.15, 0.2) is 11.4 Å². The van der Waals surface area contributed by atoms with Crippen molar-refractivity contribution in [1.82, 2.24) is 20.3 Å². The van der Waals surface area contributed by atoms with Crippen LogP contribution in [0.15, 0.2) is 10.6 Å². The van der Waals surface area contributed by atoms with E-state index in [-0.39, 0.29) is 23.8 Å². The van der Waals surface area contributed by atoms with Crippen molar-refractivity contribution in [2.45, 2.75) is 19.9 Å². The number of H-pyrrole nitrogens is 1. The van der Waals surface area contributed by atoms with E-state index in [2.05, 4.69) is 15.4 Å². The Morgan fingerprint density at radius 1 is 1.50 bits per heavy atom. The number of carbonyl (C=O) groups is 2. The molecule has 0 saturated heterocycles. The van der Waals surface area contributed by atoms with Crippen LogP contribution < -0.4 is 0 Å². The number of hydrogen-bond acceptors (Lipinski definition) is 5. The number of aromatic amines is 1. The molecule has 0 aliphatic carbocycles. The fourth-order valence-corrected chi connectivity index (χ4v) is 2.27. The van der Waals surface area contributed by atoms with Crippen LogP contribution in [0.25, 0.3) is 0 Å². The maximum Gasteiger partial charge on any atom is 0.356 e. The molecule has 0 unspecified atom stereocenters. The van der Waals surface area contributed by atoms with Crippen molar-refractivity contribution in [2.75, 3.05) is 6.54 Å². The first-order valence-corrected chi connectivity index (χ1v) is 6.08. The maximum absolute atomic E-state index is 12.3. The lowest BCUT2D eigenvalue weighted by Gasteiger charge is -2.25. The summed E-state index contributed by atoms with van der Waals surface area (Å²) < 4.78 is 4.88. The van der Waals surface area contributed by atoms with Gasteiger partial charge in [0.2, 0.25) is 0 Å². The topological polar surface area (TPSA) is 112 Å². The molecule has 0 bridgehead atoms. The number of carbonyl (C=O) groups excluding carboxylic acids is 1. The van der Waals surface area contributed by atoms with Gasteiger partial charge in [0.05, 0.1) is 6.54 Å². The number of aromatic nitrogens is 3. The van der Waals surface area contributed by atoms with Gasteiger partial charge < -0.3 is 14.5 Å². The Kier molecular flexibility index (Phi) is 2.78. The normalized spacial score (nSPS) is 14.2. The Labute approximate surface area is 113 Å². The number of hydrogen-bond donors (Lipinski definition) is 2. The predicted molar refractivity (Wildman–Crippen MR) is 65.2 cm³/mol. The number of rotatable bonds is 2. The molecule has 1 aliphatic rings. The molecule has 0 fully saturated rings. The number of carboxylic acids is 1. The largest absolute Gasteiger partial charge is 0.476 e. The van der Waals surface area contributed by atoms with Crippen molar-refractivity contribution in [2.24, 2.45) is 0 Å². The lowest BCUT2D eigenvalue weighted by Crippen LogP contribution is -2.36. The Bertz CT molecular complexity index is 687. The van der Waals surface area contributed by atoms with E-state index in [1.54, 1.807) is 17.9 Å². The lowest BCUT2D eigenvalue weighted by molar-refractivity contribution is 0.0672. The van der Waals surface area contributed by atoms with Gasteiger partial charge in [0.1, 0.15) is 5.76 Å². The van der Waals surface area contributed by atoms with Gasteiger partial charge in [-0.2, -0.15) is 5.10 Å². The Hall–Kier alpha value is -2.64. The van der Waals surface area contributed by atoms with Crippen molar-refractivity contribution < 1.29 is 19.2 Å². The SMILES string of the molecule is Cc1cc(C(=O)N2CCc3[nH]nc(C(=O)O)c3C2)no1. The predicted octanol–water partition coefficient (Wildman–Crippen LogP) is 0.603. The lowest BCUT2D eigenvalue weighted by atomic mass is 10.0. The third-order valence-electron chi connectivity index (χ3n) is 3.27. The van der Waals surface area contributed by atoms with Crippen LogP contribution in [-0.2, 0) is 13.0 Å². The minimum atomic E-state index is -1.10. The molecule has 8 heteroatoms. The molecule has 1 amide bonds. The average Bonchev–Trinajstić information content (AvgIpc) is 3.03. The number of aryl methyl sites for hydroxylation is 1. The summed E-state index contributed by atoms with van der Waals surface area (Å²) in [7, 11) is 0. The highest BCUT2D eigenvalue weighted by atomic mass is 16.5. The summed E-state index contributed by atoms with van der Waals surface area (Å²) in [5.41, 5.74) is 1.51. The fraction of sp³-hybridized carbons (Fsp3) is 0.333. The molecule has 0 radical (unpaired) electrons. The zero-order valence-corrected chi connectivity index (χ0v) is 10.7. The minimum Gasteiger partial charge on any atom is -0.476 e. The van der Waals surface area contributed by atoms with Crippen molar-refractivity contribution in [1.29, 1.82) is 0 Å². The molecule has 0 aromatic carbocycles. The standard InChI is InChI=1S/C12H12N4O4/c1-6-4-9(15-20-6)11(17)16-3-2-8-7(5-16)10(12(18)19)14-13-8/h4H,2-3,5H2,1H3,(H,13,14)(H,18,19). The van der Waals surface area contributed by atoms with Crippen LogP contribution in [0.3, 0.4) is 0 Å². The molecule has 2 aromatic rings. The highest BCUT2D eigenvalue weighted by Crippen LogP contribution is 2.21. The molecule has 20 heavy (non-hydrogen) atoms. The second-order valence-corrected chi connectivity index (χ2v) is 4.63. The molecule has 0 spiro atoms. The van der Waals surface area contributed by atoms with Crippen LogP contribution in [0.4, 0.5) is 0 Å². The van der Waals surface area contributed by atoms with Gasteiger partial charge in [-0.15, -0.1) is 0 Å². The first-order chi connectivity index (χ1) is 9.56. The molecule has 0 saturated carbocycles. The monoisotopic (exact) mass is 276 g/mol. The van der Waals surface area contributed by atoms with Crippen LogP contribution >= 0.6 is 0 Å². The number of amides is 1. The maximum atomic E-state index is 12.3. The highest BCUT2D eigenvalue weighted by Gasteiger charge is 2.29. The van der Waals surface area contributed by atoms with Gasteiger partial charge in [-0.05, 0) is 6.92 Å². The van der Waals surface area contributed by atoms with Gasteiger partial charge in [-0.25, -0.2) is 4.79 Å². The Morgan fingerprint density at radius 3 is 2.95 bits per heavy atom. The number of carboxylic acid groups (broad SMARTS) is 1. The van der Waals surface area contributed by atoms with E-state index in [0.29, 0.717) is 24.3 Å². The number of fused-ring (bicyclic) bond motifs is 1. The van der Waals surface area contributed by atoms with Crippen LogP contribution in [0, 0.1) is 6.92 Å². The van der Waals surface area contributed by atoms with Crippen molar-refractivity contribution in [3.8, 4) is 0 Å². The Balaban J connectivity index is 1.86. The van der Waals surface area contributed by atoms with Crippen molar-refractivity contribution >= 4 is 11.9 Å². The summed E-state index contributed by atoms with van der Waals surface area (Å²) in [6.45, 7) is 2.40. The van der Waals surface area contributed by atoms with Crippen molar-refractivity contribution in [3.63, 3.8) is 0 Å². The molecule has 3 heterocycles. The van der Waals surface area contributed by atoms with E-state index >= 15 is 0 Å². The third-order valence-corrected chi connectivity index (χ3v) is 3.27. The molecule has 104 valence electrons. The summed E-state index contributed by atoms with van der Waals surface area (Å²) in [6, 6.07) is 1.56. The zero-order valence-electron chi connectivity index (χ0n) is 10.7. The van der Waals surface area contributed by atoms with Crippen LogP contribution in [0.1, 0.15) is 38.0 Å². The number of nitrogens with zero attached hydrogens (tertiary/aromatic N) is 3. The third kappa shape index (κ3) is 1.94. The summed E-state index contributed by atoms with van der Waals surface area (Å²) >= 11 is 0. The molecule has 1 aliphatic heterocycles. The van der Waals surface area contributed by atoms with E-state index in [9.17, 15) is 9.59 Å². The van der Waals surface area contributed by atoms with E-state index < -0.39 is 5.97 Å². The molecule has 3 rings (SSSR count). The first kappa shape index (κ1) is 12.4. The van der Waals surface area contributed by atoms with Gasteiger partial charge in [-0.1, -0.05) is 5.16 Å². The molecule has 0 atom stereocenters. The summed E-state index contributed by atoms with van der Waals surface area (Å²) in [4.78, 5) is 24.9. The van der Waals surface area contributed by atoms with E-state index in [4.69, 9.17) is 9.63 Å². The summed E-state index contributed by atoms with van der Waals surface area (Å²) in [5, 5.41) is 19.2.